The maximum absolute atomic E-state index is 12.4. The van der Waals surface area contributed by atoms with Gasteiger partial charge >= 0.3 is 0 Å². The van der Waals surface area contributed by atoms with Crippen LogP contribution in [0.2, 0.25) is 0 Å². The number of carbonyl (C=O) groups excluding carboxylic acids is 1. The number of hydrogen-bond donors (Lipinski definition) is 1. The van der Waals surface area contributed by atoms with Crippen molar-refractivity contribution in [2.24, 2.45) is 5.16 Å². The lowest BCUT2D eigenvalue weighted by Gasteiger charge is -2.26. The Labute approximate surface area is 109 Å². The number of fused-ring (bicyclic) bond motifs is 1. The average Bonchev–Trinajstić information content (AvgIpc) is 2.90. The quantitative estimate of drug-likeness (QED) is 0.606. The minimum atomic E-state index is -0.0556. The monoisotopic (exact) mass is 259 g/mol. The lowest BCUT2D eigenvalue weighted by Crippen LogP contribution is -2.38. The largest absolute Gasteiger partial charge is 0.411 e. The number of carbonyl (C=O) groups is 1. The molecule has 0 aromatic carbocycles. The van der Waals surface area contributed by atoms with Gasteiger partial charge in [0.2, 0.25) is 0 Å². The van der Waals surface area contributed by atoms with E-state index in [1.54, 1.807) is 34.2 Å². The smallest absolute Gasteiger partial charge is 0.257 e. The van der Waals surface area contributed by atoms with Crippen molar-refractivity contribution in [2.45, 2.75) is 12.8 Å². The first-order chi connectivity index (χ1) is 9.29. The number of rotatable bonds is 1. The first-order valence-electron chi connectivity index (χ1n) is 6.06. The fourth-order valence-corrected chi connectivity index (χ4v) is 2.24. The van der Waals surface area contributed by atoms with E-state index in [1.165, 1.54) is 0 Å². The van der Waals surface area contributed by atoms with E-state index in [0.717, 1.165) is 5.71 Å². The Hall–Kier alpha value is -2.44. The lowest BCUT2D eigenvalue weighted by molar-refractivity contribution is 0.0755. The Morgan fingerprint density at radius 2 is 2.11 bits per heavy atom. The van der Waals surface area contributed by atoms with E-state index >= 15 is 0 Å². The van der Waals surface area contributed by atoms with Crippen LogP contribution in [0.4, 0.5) is 0 Å². The SMILES string of the molecule is O=C(c1cnn2ccncc12)N1CCC(=NO)CC1. The molecule has 1 fully saturated rings. The van der Waals surface area contributed by atoms with Crippen LogP contribution < -0.4 is 0 Å². The van der Waals surface area contributed by atoms with E-state index in [9.17, 15) is 4.79 Å². The highest BCUT2D eigenvalue weighted by Crippen LogP contribution is 2.15. The topological polar surface area (TPSA) is 83.1 Å². The zero-order valence-electron chi connectivity index (χ0n) is 10.2. The molecule has 98 valence electrons. The van der Waals surface area contributed by atoms with E-state index in [0.29, 0.717) is 37.0 Å². The number of amides is 1. The second-order valence-corrected chi connectivity index (χ2v) is 4.42. The Morgan fingerprint density at radius 1 is 1.32 bits per heavy atom. The van der Waals surface area contributed by atoms with Gasteiger partial charge in [0.15, 0.2) is 0 Å². The Morgan fingerprint density at radius 3 is 2.84 bits per heavy atom. The fourth-order valence-electron chi connectivity index (χ4n) is 2.24. The van der Waals surface area contributed by atoms with Gasteiger partial charge in [0, 0.05) is 38.3 Å². The van der Waals surface area contributed by atoms with Crippen molar-refractivity contribution in [3.63, 3.8) is 0 Å². The predicted molar refractivity (Wildman–Crippen MR) is 67.3 cm³/mol. The van der Waals surface area contributed by atoms with Crippen LogP contribution in [0.25, 0.3) is 5.52 Å². The van der Waals surface area contributed by atoms with Gasteiger partial charge in [-0.3, -0.25) is 9.78 Å². The molecule has 0 aliphatic carbocycles. The van der Waals surface area contributed by atoms with Gasteiger partial charge in [-0.2, -0.15) is 5.10 Å². The molecule has 3 rings (SSSR count). The maximum Gasteiger partial charge on any atom is 0.257 e. The normalized spacial score (nSPS) is 15.8. The van der Waals surface area contributed by atoms with Crippen LogP contribution in [-0.4, -0.2) is 49.4 Å². The van der Waals surface area contributed by atoms with Gasteiger partial charge in [0.1, 0.15) is 0 Å². The third-order valence-corrected chi connectivity index (χ3v) is 3.32. The van der Waals surface area contributed by atoms with Crippen LogP contribution in [-0.2, 0) is 0 Å². The molecule has 0 saturated carbocycles. The summed E-state index contributed by atoms with van der Waals surface area (Å²) < 4.78 is 1.63. The van der Waals surface area contributed by atoms with Gasteiger partial charge in [0.25, 0.3) is 5.91 Å². The van der Waals surface area contributed by atoms with Crippen molar-refractivity contribution in [3.8, 4) is 0 Å². The minimum absolute atomic E-state index is 0.0556. The van der Waals surface area contributed by atoms with Gasteiger partial charge in [0.05, 0.1) is 29.2 Å². The molecule has 3 heterocycles. The van der Waals surface area contributed by atoms with Crippen LogP contribution in [0.5, 0.6) is 0 Å². The maximum atomic E-state index is 12.4. The van der Waals surface area contributed by atoms with Crippen molar-refractivity contribution in [1.82, 2.24) is 19.5 Å². The van der Waals surface area contributed by atoms with E-state index in [4.69, 9.17) is 5.21 Å². The Bertz CT molecular complexity index is 638. The van der Waals surface area contributed by atoms with Crippen LogP contribution in [0, 0.1) is 0 Å². The number of hydrogen-bond acceptors (Lipinski definition) is 5. The summed E-state index contributed by atoms with van der Waals surface area (Å²) in [6.45, 7) is 1.13. The summed E-state index contributed by atoms with van der Waals surface area (Å²) in [6.07, 6.45) is 7.75. The predicted octanol–water partition coefficient (Wildman–Crippen LogP) is 0.795. The fraction of sp³-hybridized carbons (Fsp3) is 0.333. The van der Waals surface area contributed by atoms with E-state index < -0.39 is 0 Å². The summed E-state index contributed by atoms with van der Waals surface area (Å²) in [4.78, 5) is 18.2. The number of piperidine rings is 1. The molecular weight excluding hydrogens is 246 g/mol. The van der Waals surface area contributed by atoms with Gasteiger partial charge in [-0.25, -0.2) is 4.52 Å². The number of nitrogens with zero attached hydrogens (tertiary/aromatic N) is 5. The van der Waals surface area contributed by atoms with Crippen molar-refractivity contribution >= 4 is 17.1 Å². The van der Waals surface area contributed by atoms with Gasteiger partial charge in [-0.1, -0.05) is 5.16 Å². The average molecular weight is 259 g/mol. The highest BCUT2D eigenvalue weighted by atomic mass is 16.4. The molecule has 1 saturated heterocycles. The second-order valence-electron chi connectivity index (χ2n) is 4.42. The molecule has 1 amide bonds. The van der Waals surface area contributed by atoms with Crippen molar-refractivity contribution in [3.05, 3.63) is 30.4 Å². The minimum Gasteiger partial charge on any atom is -0.411 e. The summed E-state index contributed by atoms with van der Waals surface area (Å²) in [5, 5.41) is 16.0. The third kappa shape index (κ3) is 2.03. The molecule has 0 bridgehead atoms. The molecule has 2 aromatic heterocycles. The van der Waals surface area contributed by atoms with Crippen molar-refractivity contribution in [2.75, 3.05) is 13.1 Å². The van der Waals surface area contributed by atoms with Crippen LogP contribution in [0.3, 0.4) is 0 Å². The summed E-state index contributed by atoms with van der Waals surface area (Å²) in [7, 11) is 0. The summed E-state index contributed by atoms with van der Waals surface area (Å²) in [6, 6.07) is 0. The molecule has 1 aliphatic rings. The zero-order chi connectivity index (χ0) is 13.2. The van der Waals surface area contributed by atoms with Gasteiger partial charge in [-0.15, -0.1) is 0 Å². The van der Waals surface area contributed by atoms with E-state index in [2.05, 4.69) is 15.2 Å². The Kier molecular flexibility index (Phi) is 2.86. The van der Waals surface area contributed by atoms with Crippen molar-refractivity contribution in [1.29, 1.82) is 0 Å². The number of likely N-dealkylation sites (tertiary alicyclic amines) is 1. The summed E-state index contributed by atoms with van der Waals surface area (Å²) in [5.74, 6) is -0.0556. The molecule has 7 heteroatoms. The molecule has 19 heavy (non-hydrogen) atoms. The number of oxime groups is 1. The third-order valence-electron chi connectivity index (χ3n) is 3.32. The summed E-state index contributed by atoms with van der Waals surface area (Å²) in [5.41, 5.74) is 2.00. The standard InChI is InChI=1S/C12H13N5O2/c18-12(16-4-1-9(15-19)2-5-16)10-7-14-17-6-3-13-8-11(10)17/h3,6-8,19H,1-2,4-5H2. The van der Waals surface area contributed by atoms with E-state index in [1.807, 2.05) is 0 Å². The highest BCUT2D eigenvalue weighted by molar-refractivity contribution is 6.01. The van der Waals surface area contributed by atoms with E-state index in [-0.39, 0.29) is 5.91 Å². The molecular formula is C12H13N5O2. The molecule has 1 N–H and O–H groups in total. The molecule has 1 aliphatic heterocycles. The molecule has 0 spiro atoms. The molecule has 0 atom stereocenters. The Balaban J connectivity index is 1.85. The first-order valence-corrected chi connectivity index (χ1v) is 6.06. The lowest BCUT2D eigenvalue weighted by atomic mass is 10.1. The summed E-state index contributed by atoms with van der Waals surface area (Å²) >= 11 is 0. The molecule has 0 radical (unpaired) electrons. The number of aromatic nitrogens is 3. The second kappa shape index (κ2) is 4.68. The molecule has 0 unspecified atom stereocenters. The van der Waals surface area contributed by atoms with Gasteiger partial charge < -0.3 is 10.1 Å². The molecule has 7 nitrogen and oxygen atoms in total. The van der Waals surface area contributed by atoms with Gasteiger partial charge in [-0.05, 0) is 0 Å². The highest BCUT2D eigenvalue weighted by Gasteiger charge is 2.23. The van der Waals surface area contributed by atoms with Crippen molar-refractivity contribution < 1.29 is 10.0 Å². The van der Waals surface area contributed by atoms with Crippen LogP contribution >= 0.6 is 0 Å². The first kappa shape index (κ1) is 11.6. The zero-order valence-corrected chi connectivity index (χ0v) is 10.2. The molecule has 2 aromatic rings. The van der Waals surface area contributed by atoms with Crippen LogP contribution in [0.1, 0.15) is 23.2 Å². The van der Waals surface area contributed by atoms with Crippen LogP contribution in [0.15, 0.2) is 29.9 Å².